The minimum Gasteiger partial charge on any atom is -0.332 e. The van der Waals surface area contributed by atoms with Crippen LogP contribution in [0, 0.1) is 0 Å². The second kappa shape index (κ2) is 7.23. The highest BCUT2D eigenvalue weighted by Crippen LogP contribution is 2.24. The summed E-state index contributed by atoms with van der Waals surface area (Å²) in [5.41, 5.74) is 4.67. The SMILES string of the molecule is CCc1ccccc1NC(=S)Nc1ccccc1C(C)C. The van der Waals surface area contributed by atoms with Crippen molar-refractivity contribution >= 4 is 28.7 Å². The molecule has 0 unspecified atom stereocenters. The van der Waals surface area contributed by atoms with Crippen molar-refractivity contribution in [1.82, 2.24) is 0 Å². The molecule has 0 atom stereocenters. The number of hydrogen-bond donors (Lipinski definition) is 2. The second-order valence-electron chi connectivity index (χ2n) is 5.33. The van der Waals surface area contributed by atoms with Gasteiger partial charge in [0.15, 0.2) is 5.11 Å². The van der Waals surface area contributed by atoms with Crippen LogP contribution in [0.15, 0.2) is 48.5 Å². The summed E-state index contributed by atoms with van der Waals surface area (Å²) in [6.07, 6.45) is 0.981. The van der Waals surface area contributed by atoms with Crippen LogP contribution < -0.4 is 10.6 Å². The molecule has 0 saturated carbocycles. The third-order valence-electron chi connectivity index (χ3n) is 3.48. The summed E-state index contributed by atoms with van der Waals surface area (Å²) in [6.45, 7) is 6.51. The Morgan fingerprint density at radius 2 is 1.52 bits per heavy atom. The van der Waals surface area contributed by atoms with Crippen LogP contribution in [0.1, 0.15) is 37.8 Å². The Hall–Kier alpha value is -1.87. The number of para-hydroxylation sites is 2. The van der Waals surface area contributed by atoms with Crippen molar-refractivity contribution in [3.63, 3.8) is 0 Å². The summed E-state index contributed by atoms with van der Waals surface area (Å²) in [4.78, 5) is 0. The molecule has 0 heterocycles. The van der Waals surface area contributed by atoms with Crippen LogP contribution >= 0.6 is 12.2 Å². The standard InChI is InChI=1S/C18H22N2S/c1-4-14-9-5-7-11-16(14)19-18(21)20-17-12-8-6-10-15(17)13(2)3/h5-13H,4H2,1-3H3,(H2,19,20,21). The Kier molecular flexibility index (Phi) is 5.34. The predicted octanol–water partition coefficient (Wildman–Crippen LogP) is 5.18. The van der Waals surface area contributed by atoms with E-state index in [4.69, 9.17) is 12.2 Å². The third-order valence-corrected chi connectivity index (χ3v) is 3.68. The van der Waals surface area contributed by atoms with Gasteiger partial charge in [0, 0.05) is 11.4 Å². The zero-order valence-corrected chi connectivity index (χ0v) is 13.6. The number of aryl methyl sites for hydroxylation is 1. The summed E-state index contributed by atoms with van der Waals surface area (Å²) in [7, 11) is 0. The molecule has 3 heteroatoms. The molecule has 21 heavy (non-hydrogen) atoms. The lowest BCUT2D eigenvalue weighted by Gasteiger charge is -2.17. The first-order valence-electron chi connectivity index (χ1n) is 7.36. The summed E-state index contributed by atoms with van der Waals surface area (Å²) in [6, 6.07) is 16.5. The fraction of sp³-hybridized carbons (Fsp3) is 0.278. The molecule has 0 aromatic heterocycles. The highest BCUT2D eigenvalue weighted by atomic mass is 32.1. The first-order valence-corrected chi connectivity index (χ1v) is 7.77. The number of thiocarbonyl (C=S) groups is 1. The molecule has 0 aliphatic carbocycles. The molecule has 0 amide bonds. The van der Waals surface area contributed by atoms with Crippen LogP contribution in [-0.2, 0) is 6.42 Å². The van der Waals surface area contributed by atoms with E-state index in [0.29, 0.717) is 11.0 Å². The Bertz CT molecular complexity index is 620. The average Bonchev–Trinajstić information content (AvgIpc) is 2.48. The molecule has 0 spiro atoms. The Morgan fingerprint density at radius 3 is 2.19 bits per heavy atom. The summed E-state index contributed by atoms with van der Waals surface area (Å²) in [5, 5.41) is 7.24. The molecule has 2 rings (SSSR count). The quantitative estimate of drug-likeness (QED) is 0.760. The molecule has 0 saturated heterocycles. The van der Waals surface area contributed by atoms with Crippen molar-refractivity contribution in [2.75, 3.05) is 10.6 Å². The predicted molar refractivity (Wildman–Crippen MR) is 96.2 cm³/mol. The maximum Gasteiger partial charge on any atom is 0.175 e. The minimum absolute atomic E-state index is 0.458. The summed E-state index contributed by atoms with van der Waals surface area (Å²) in [5.74, 6) is 0.458. The van der Waals surface area contributed by atoms with Crippen LogP contribution in [0.25, 0.3) is 0 Å². The van der Waals surface area contributed by atoms with Gasteiger partial charge in [-0.3, -0.25) is 0 Å². The van der Waals surface area contributed by atoms with E-state index in [-0.39, 0.29) is 0 Å². The fourth-order valence-electron chi connectivity index (χ4n) is 2.34. The highest BCUT2D eigenvalue weighted by Gasteiger charge is 2.08. The van der Waals surface area contributed by atoms with Gasteiger partial charge in [-0.05, 0) is 47.8 Å². The van der Waals surface area contributed by atoms with Crippen LogP contribution in [0.5, 0.6) is 0 Å². The second-order valence-corrected chi connectivity index (χ2v) is 5.74. The van der Waals surface area contributed by atoms with E-state index in [1.54, 1.807) is 0 Å². The molecular weight excluding hydrogens is 276 g/mol. The highest BCUT2D eigenvalue weighted by molar-refractivity contribution is 7.80. The molecule has 0 aliphatic rings. The van der Waals surface area contributed by atoms with Crippen molar-refractivity contribution < 1.29 is 0 Å². The van der Waals surface area contributed by atoms with Crippen LogP contribution in [0.4, 0.5) is 11.4 Å². The lowest BCUT2D eigenvalue weighted by molar-refractivity contribution is 0.869. The van der Waals surface area contributed by atoms with Gasteiger partial charge in [0.1, 0.15) is 0 Å². The Morgan fingerprint density at radius 1 is 0.952 bits per heavy atom. The number of nitrogens with one attached hydrogen (secondary N) is 2. The van der Waals surface area contributed by atoms with Crippen molar-refractivity contribution in [2.24, 2.45) is 0 Å². The monoisotopic (exact) mass is 298 g/mol. The smallest absolute Gasteiger partial charge is 0.175 e. The number of anilines is 2. The van der Waals surface area contributed by atoms with Crippen LogP contribution in [0.2, 0.25) is 0 Å². The van der Waals surface area contributed by atoms with E-state index in [1.807, 2.05) is 12.1 Å². The van der Waals surface area contributed by atoms with E-state index in [2.05, 4.69) is 67.8 Å². The van der Waals surface area contributed by atoms with E-state index in [9.17, 15) is 0 Å². The van der Waals surface area contributed by atoms with Gasteiger partial charge in [0.25, 0.3) is 0 Å². The Balaban J connectivity index is 2.12. The zero-order chi connectivity index (χ0) is 15.2. The average molecular weight is 298 g/mol. The largest absolute Gasteiger partial charge is 0.332 e. The number of benzene rings is 2. The van der Waals surface area contributed by atoms with Crippen molar-refractivity contribution in [3.05, 3.63) is 59.7 Å². The lowest BCUT2D eigenvalue weighted by atomic mass is 10.0. The van der Waals surface area contributed by atoms with Crippen molar-refractivity contribution in [2.45, 2.75) is 33.1 Å². The van der Waals surface area contributed by atoms with Gasteiger partial charge < -0.3 is 10.6 Å². The van der Waals surface area contributed by atoms with Gasteiger partial charge in [0.05, 0.1) is 0 Å². The molecule has 110 valence electrons. The molecular formula is C18H22N2S. The number of hydrogen-bond acceptors (Lipinski definition) is 1. The van der Waals surface area contributed by atoms with Crippen LogP contribution in [-0.4, -0.2) is 5.11 Å². The van der Waals surface area contributed by atoms with Gasteiger partial charge in [-0.2, -0.15) is 0 Å². The van der Waals surface area contributed by atoms with Crippen molar-refractivity contribution in [1.29, 1.82) is 0 Å². The molecule has 2 N–H and O–H groups in total. The van der Waals surface area contributed by atoms with Crippen molar-refractivity contribution in [3.8, 4) is 0 Å². The molecule has 0 aliphatic heterocycles. The molecule has 0 bridgehead atoms. The van der Waals surface area contributed by atoms with Gasteiger partial charge in [0.2, 0.25) is 0 Å². The molecule has 2 aromatic carbocycles. The van der Waals surface area contributed by atoms with E-state index in [1.165, 1.54) is 11.1 Å². The first-order chi connectivity index (χ1) is 10.1. The maximum atomic E-state index is 5.45. The summed E-state index contributed by atoms with van der Waals surface area (Å²) >= 11 is 5.45. The van der Waals surface area contributed by atoms with Gasteiger partial charge in [-0.25, -0.2) is 0 Å². The third kappa shape index (κ3) is 4.05. The normalized spacial score (nSPS) is 10.5. The van der Waals surface area contributed by atoms with Crippen LogP contribution in [0.3, 0.4) is 0 Å². The fourth-order valence-corrected chi connectivity index (χ4v) is 2.56. The summed E-state index contributed by atoms with van der Waals surface area (Å²) < 4.78 is 0. The topological polar surface area (TPSA) is 24.1 Å². The molecule has 0 radical (unpaired) electrons. The van der Waals surface area contributed by atoms with E-state index in [0.717, 1.165) is 17.8 Å². The maximum absolute atomic E-state index is 5.45. The minimum atomic E-state index is 0.458. The van der Waals surface area contributed by atoms with Gasteiger partial charge in [-0.1, -0.05) is 57.2 Å². The first kappa shape index (κ1) is 15.5. The molecule has 2 nitrogen and oxygen atoms in total. The van der Waals surface area contributed by atoms with E-state index >= 15 is 0 Å². The zero-order valence-electron chi connectivity index (χ0n) is 12.8. The van der Waals surface area contributed by atoms with E-state index < -0.39 is 0 Å². The molecule has 0 fully saturated rings. The number of rotatable bonds is 4. The van der Waals surface area contributed by atoms with Gasteiger partial charge in [-0.15, -0.1) is 0 Å². The molecule has 2 aromatic rings. The Labute approximate surface area is 132 Å². The lowest BCUT2D eigenvalue weighted by Crippen LogP contribution is -2.20. The van der Waals surface area contributed by atoms with Gasteiger partial charge >= 0.3 is 0 Å².